The number of hydrogen-bond acceptors (Lipinski definition) is 2. The van der Waals surface area contributed by atoms with E-state index in [2.05, 4.69) is 26.1 Å². The van der Waals surface area contributed by atoms with Crippen molar-refractivity contribution >= 4 is 29.9 Å². The average Bonchev–Trinajstić information content (AvgIpc) is 2.54. The van der Waals surface area contributed by atoms with Crippen LogP contribution in [0.25, 0.3) is 0 Å². The zero-order valence-corrected chi connectivity index (χ0v) is 14.4. The summed E-state index contributed by atoms with van der Waals surface area (Å²) in [6, 6.07) is 0.397. The van der Waals surface area contributed by atoms with Gasteiger partial charge in [-0.1, -0.05) is 6.42 Å². The summed E-state index contributed by atoms with van der Waals surface area (Å²) in [5, 5.41) is 3.27. The van der Waals surface area contributed by atoms with Crippen molar-refractivity contribution in [1.29, 1.82) is 0 Å². The highest BCUT2D eigenvalue weighted by molar-refractivity contribution is 14.0. The second kappa shape index (κ2) is 5.06. The van der Waals surface area contributed by atoms with Gasteiger partial charge in [-0.05, 0) is 40.0 Å². The molecule has 0 radical (unpaired) electrons. The van der Waals surface area contributed by atoms with Crippen LogP contribution < -0.4 is 11.1 Å². The minimum Gasteiger partial charge on any atom is -0.377 e. The van der Waals surface area contributed by atoms with Crippen LogP contribution in [0.3, 0.4) is 0 Å². The van der Waals surface area contributed by atoms with E-state index >= 15 is 0 Å². The second-order valence-electron chi connectivity index (χ2n) is 7.16. The first-order valence-electron chi connectivity index (χ1n) is 7.15. The van der Waals surface area contributed by atoms with Gasteiger partial charge in [0.25, 0.3) is 0 Å². The van der Waals surface area contributed by atoms with Gasteiger partial charge in [-0.25, -0.2) is 4.99 Å². The molecule has 1 aliphatic heterocycles. The van der Waals surface area contributed by atoms with E-state index < -0.39 is 0 Å². The number of ether oxygens (including phenoxy) is 1. The quantitative estimate of drug-likeness (QED) is 0.418. The normalized spacial score (nSPS) is 35.9. The molecule has 2 aliphatic carbocycles. The maximum absolute atomic E-state index is 6.05. The Morgan fingerprint density at radius 3 is 2.58 bits per heavy atom. The molecule has 3 rings (SSSR count). The second-order valence-corrected chi connectivity index (χ2v) is 7.16. The maximum Gasteiger partial charge on any atom is 0.189 e. The fraction of sp³-hybridized carbons (Fsp3) is 0.929. The number of halogens is 1. The smallest absolute Gasteiger partial charge is 0.189 e. The van der Waals surface area contributed by atoms with Gasteiger partial charge in [0.05, 0.1) is 12.1 Å². The number of hydrogen-bond donors (Lipinski definition) is 2. The minimum atomic E-state index is -0.0182. The fourth-order valence-electron chi connectivity index (χ4n) is 3.95. The molecule has 2 saturated carbocycles. The largest absolute Gasteiger partial charge is 0.377 e. The lowest BCUT2D eigenvalue weighted by atomic mass is 9.46. The predicted octanol–water partition coefficient (Wildman–Crippen LogP) is 2.26. The van der Waals surface area contributed by atoms with E-state index in [1.165, 1.54) is 19.3 Å². The van der Waals surface area contributed by atoms with E-state index in [-0.39, 0.29) is 29.5 Å². The summed E-state index contributed by atoms with van der Waals surface area (Å²) in [7, 11) is 0. The lowest BCUT2D eigenvalue weighted by molar-refractivity contribution is -0.164. The molecule has 4 nitrogen and oxygen atoms in total. The zero-order chi connectivity index (χ0) is 13.0. The maximum atomic E-state index is 6.05. The number of nitrogens with one attached hydrogen (secondary N) is 1. The van der Waals surface area contributed by atoms with Gasteiger partial charge in [0.2, 0.25) is 0 Å². The summed E-state index contributed by atoms with van der Waals surface area (Å²) in [6.45, 7) is 7.24. The third kappa shape index (κ3) is 2.48. The molecule has 3 aliphatic rings. The Bertz CT molecular complexity index is 373. The molecule has 0 aromatic heterocycles. The third-order valence-electron chi connectivity index (χ3n) is 4.76. The highest BCUT2D eigenvalue weighted by atomic mass is 127. The molecule has 3 N–H and O–H groups in total. The van der Waals surface area contributed by atoms with Gasteiger partial charge in [0.15, 0.2) is 5.96 Å². The molecule has 0 amide bonds. The Labute approximate surface area is 133 Å². The van der Waals surface area contributed by atoms with Crippen molar-refractivity contribution in [3.05, 3.63) is 0 Å². The van der Waals surface area contributed by atoms with E-state index in [4.69, 9.17) is 15.5 Å². The van der Waals surface area contributed by atoms with E-state index in [1.807, 2.05) is 0 Å². The van der Waals surface area contributed by atoms with Crippen LogP contribution >= 0.6 is 24.0 Å². The molecule has 1 saturated heterocycles. The molecule has 3 unspecified atom stereocenters. The number of aliphatic imine (C=N–C) groups is 1. The van der Waals surface area contributed by atoms with Crippen molar-refractivity contribution in [3.63, 3.8) is 0 Å². The molecule has 0 aromatic carbocycles. The van der Waals surface area contributed by atoms with Crippen LogP contribution in [0, 0.1) is 11.3 Å². The summed E-state index contributed by atoms with van der Waals surface area (Å²) >= 11 is 0. The minimum absolute atomic E-state index is 0. The Kier molecular flexibility index (Phi) is 4.09. The lowest BCUT2D eigenvalue weighted by Gasteiger charge is -2.61. The summed E-state index contributed by atoms with van der Waals surface area (Å²) in [4.78, 5) is 4.79. The van der Waals surface area contributed by atoms with Crippen molar-refractivity contribution in [1.82, 2.24) is 5.32 Å². The molecule has 1 heterocycles. The summed E-state index contributed by atoms with van der Waals surface area (Å²) in [5.41, 5.74) is 6.37. The first-order chi connectivity index (χ1) is 8.42. The zero-order valence-electron chi connectivity index (χ0n) is 12.1. The molecule has 0 aromatic rings. The van der Waals surface area contributed by atoms with Crippen LogP contribution in [-0.2, 0) is 4.74 Å². The number of nitrogens with two attached hydrogens (primary N) is 1. The van der Waals surface area contributed by atoms with Crippen molar-refractivity contribution in [2.75, 3.05) is 6.61 Å². The van der Waals surface area contributed by atoms with E-state index in [0.717, 1.165) is 13.0 Å². The molecule has 110 valence electrons. The average molecular weight is 379 g/mol. The Morgan fingerprint density at radius 1 is 1.37 bits per heavy atom. The molecule has 5 heteroatoms. The van der Waals surface area contributed by atoms with Gasteiger partial charge < -0.3 is 15.8 Å². The van der Waals surface area contributed by atoms with E-state index in [9.17, 15) is 0 Å². The first kappa shape index (κ1) is 15.4. The van der Waals surface area contributed by atoms with Crippen LogP contribution in [-0.4, -0.2) is 30.3 Å². The Balaban J connectivity index is 0.00000133. The van der Waals surface area contributed by atoms with Crippen LogP contribution in [0.1, 0.15) is 46.5 Å². The standard InChI is InChI=1S/C14H25N3O.HI/c1-13(2,3)17-12(15)16-10-9-5-8-18-11(9)14(10)6-4-7-14;/h9-11H,4-8H2,1-3H3,(H3,15,16,17);1H. The lowest BCUT2D eigenvalue weighted by Crippen LogP contribution is -2.66. The van der Waals surface area contributed by atoms with Crippen molar-refractivity contribution < 1.29 is 4.74 Å². The van der Waals surface area contributed by atoms with Crippen molar-refractivity contribution in [3.8, 4) is 0 Å². The SMILES string of the molecule is CC(C)(C)NC(N)=NC1C2CCOC2C12CCC2.I. The van der Waals surface area contributed by atoms with Gasteiger partial charge >= 0.3 is 0 Å². The monoisotopic (exact) mass is 379 g/mol. The number of rotatable bonds is 1. The first-order valence-corrected chi connectivity index (χ1v) is 7.15. The number of nitrogens with zero attached hydrogens (tertiary/aromatic N) is 1. The van der Waals surface area contributed by atoms with Crippen LogP contribution in [0.15, 0.2) is 4.99 Å². The molecule has 1 spiro atoms. The van der Waals surface area contributed by atoms with Gasteiger partial charge in [-0.2, -0.15) is 0 Å². The molecule has 3 atom stereocenters. The Morgan fingerprint density at radius 2 is 2.05 bits per heavy atom. The topological polar surface area (TPSA) is 59.6 Å². The highest BCUT2D eigenvalue weighted by Crippen LogP contribution is 2.64. The van der Waals surface area contributed by atoms with Gasteiger partial charge in [-0.3, -0.25) is 0 Å². The van der Waals surface area contributed by atoms with Crippen LogP contribution in [0.5, 0.6) is 0 Å². The molecular formula is C14H26IN3O. The number of fused-ring (bicyclic) bond motifs is 2. The van der Waals surface area contributed by atoms with Gasteiger partial charge in [0, 0.05) is 23.5 Å². The number of guanidine groups is 1. The molecule has 0 bridgehead atoms. The van der Waals surface area contributed by atoms with Gasteiger partial charge in [0.1, 0.15) is 0 Å². The van der Waals surface area contributed by atoms with Crippen molar-refractivity contribution in [2.45, 2.75) is 64.1 Å². The van der Waals surface area contributed by atoms with E-state index in [0.29, 0.717) is 29.4 Å². The molecule has 3 fully saturated rings. The predicted molar refractivity (Wildman–Crippen MR) is 87.8 cm³/mol. The van der Waals surface area contributed by atoms with E-state index in [1.54, 1.807) is 0 Å². The molecule has 19 heavy (non-hydrogen) atoms. The highest BCUT2D eigenvalue weighted by Gasteiger charge is 2.66. The summed E-state index contributed by atoms with van der Waals surface area (Å²) < 4.78 is 5.89. The fourth-order valence-corrected chi connectivity index (χ4v) is 3.95. The summed E-state index contributed by atoms with van der Waals surface area (Å²) in [5.74, 6) is 1.22. The van der Waals surface area contributed by atoms with Crippen molar-refractivity contribution in [2.24, 2.45) is 22.1 Å². The van der Waals surface area contributed by atoms with Crippen LogP contribution in [0.4, 0.5) is 0 Å². The third-order valence-corrected chi connectivity index (χ3v) is 4.76. The van der Waals surface area contributed by atoms with Crippen LogP contribution in [0.2, 0.25) is 0 Å². The molecular weight excluding hydrogens is 353 g/mol. The Hall–Kier alpha value is -0.0400. The van der Waals surface area contributed by atoms with Gasteiger partial charge in [-0.15, -0.1) is 24.0 Å². The summed E-state index contributed by atoms with van der Waals surface area (Å²) in [6.07, 6.45) is 5.49.